The van der Waals surface area contributed by atoms with Crippen LogP contribution >= 0.6 is 34.9 Å². The molecule has 250 valence electrons. The number of para-hydroxylation sites is 2. The molecular formula is C42H45N4S3+. The second-order valence-electron chi connectivity index (χ2n) is 14.1. The molecule has 0 spiro atoms. The van der Waals surface area contributed by atoms with Crippen molar-refractivity contribution in [2.24, 2.45) is 0 Å². The first-order chi connectivity index (χ1) is 23.6. The van der Waals surface area contributed by atoms with Gasteiger partial charge in [0.1, 0.15) is 7.05 Å². The molecule has 0 N–H and O–H groups in total. The Morgan fingerprint density at radius 2 is 1.51 bits per heavy atom. The quantitative estimate of drug-likeness (QED) is 0.128. The number of thioether (sulfide) groups is 2. The summed E-state index contributed by atoms with van der Waals surface area (Å²) in [6.07, 6.45) is 12.5. The molecule has 3 heterocycles. The van der Waals surface area contributed by atoms with E-state index < -0.39 is 0 Å². The minimum absolute atomic E-state index is 0.0622. The Kier molecular flexibility index (Phi) is 9.37. The molecular weight excluding hydrogens is 657 g/mol. The highest BCUT2D eigenvalue weighted by Crippen LogP contribution is 2.48. The van der Waals surface area contributed by atoms with Gasteiger partial charge in [0.25, 0.3) is 0 Å². The van der Waals surface area contributed by atoms with E-state index in [1.807, 2.05) is 0 Å². The molecule has 0 unspecified atom stereocenters. The Hall–Kier alpha value is -3.65. The van der Waals surface area contributed by atoms with Crippen LogP contribution in [0.15, 0.2) is 128 Å². The largest absolute Gasteiger partial charge is 0.347 e. The maximum absolute atomic E-state index is 4.68. The lowest BCUT2D eigenvalue weighted by Gasteiger charge is -2.23. The van der Waals surface area contributed by atoms with E-state index in [0.29, 0.717) is 0 Å². The normalized spacial score (nSPS) is 19.6. The molecule has 49 heavy (non-hydrogen) atoms. The molecule has 3 aliphatic rings. The SMILES string of the molecule is CCc1ccc(CSc2nnc(SC3=C(/C=C/C4=[N+](C)c5ccccc5C4(C)C)CC/C3=C\C=C3\N(C)c4ccccc4C3(C)C)s2)cc1. The number of hydrogen-bond donors (Lipinski definition) is 0. The first-order valence-electron chi connectivity index (χ1n) is 17.2. The lowest BCUT2D eigenvalue weighted by Crippen LogP contribution is -2.26. The topological polar surface area (TPSA) is 32.0 Å². The minimum Gasteiger partial charge on any atom is -0.347 e. The maximum atomic E-state index is 4.68. The summed E-state index contributed by atoms with van der Waals surface area (Å²) in [5, 5.41) is 9.28. The van der Waals surface area contributed by atoms with Gasteiger partial charge in [-0.25, -0.2) is 0 Å². The van der Waals surface area contributed by atoms with Crippen LogP contribution in [-0.2, 0) is 23.0 Å². The molecule has 7 rings (SSSR count). The third-order valence-electron chi connectivity index (χ3n) is 10.4. The van der Waals surface area contributed by atoms with Crippen molar-refractivity contribution in [3.8, 4) is 0 Å². The molecule has 0 atom stereocenters. The summed E-state index contributed by atoms with van der Waals surface area (Å²) in [4.78, 5) is 3.66. The van der Waals surface area contributed by atoms with Gasteiger partial charge in [-0.2, -0.15) is 4.58 Å². The van der Waals surface area contributed by atoms with Crippen molar-refractivity contribution in [2.45, 2.75) is 79.1 Å². The summed E-state index contributed by atoms with van der Waals surface area (Å²) in [5.41, 5.74) is 13.3. The van der Waals surface area contributed by atoms with Gasteiger partial charge in [-0.05, 0) is 73.1 Å². The molecule has 0 amide bonds. The Morgan fingerprint density at radius 3 is 2.24 bits per heavy atom. The van der Waals surface area contributed by atoms with Crippen LogP contribution in [0.2, 0.25) is 0 Å². The summed E-state index contributed by atoms with van der Waals surface area (Å²) >= 11 is 5.26. The number of anilines is 1. The Balaban J connectivity index is 1.20. The van der Waals surface area contributed by atoms with E-state index in [1.165, 1.54) is 61.1 Å². The van der Waals surface area contributed by atoms with Crippen molar-refractivity contribution >= 4 is 51.9 Å². The average Bonchev–Trinajstić information content (AvgIpc) is 3.82. The Bertz CT molecular complexity index is 2060. The van der Waals surface area contributed by atoms with Crippen molar-refractivity contribution < 1.29 is 4.58 Å². The maximum Gasteiger partial charge on any atom is 0.209 e. The van der Waals surface area contributed by atoms with E-state index in [2.05, 4.69) is 165 Å². The zero-order chi connectivity index (χ0) is 34.3. The van der Waals surface area contributed by atoms with Gasteiger partial charge in [0.15, 0.2) is 14.4 Å². The fraction of sp³-hybridized carbons (Fsp3) is 0.310. The molecule has 3 aromatic carbocycles. The first kappa shape index (κ1) is 33.8. The summed E-state index contributed by atoms with van der Waals surface area (Å²) < 4.78 is 4.36. The van der Waals surface area contributed by atoms with Gasteiger partial charge < -0.3 is 4.90 Å². The first-order valence-corrected chi connectivity index (χ1v) is 19.8. The molecule has 2 aliphatic heterocycles. The highest BCUT2D eigenvalue weighted by atomic mass is 32.2. The third-order valence-corrected chi connectivity index (χ3v) is 13.8. The number of benzene rings is 3. The van der Waals surface area contributed by atoms with Crippen LogP contribution in [0.5, 0.6) is 0 Å². The molecule has 0 radical (unpaired) electrons. The monoisotopic (exact) mass is 701 g/mol. The van der Waals surface area contributed by atoms with Gasteiger partial charge in [-0.1, -0.05) is 128 Å². The van der Waals surface area contributed by atoms with Gasteiger partial charge >= 0.3 is 0 Å². The second kappa shape index (κ2) is 13.6. The smallest absolute Gasteiger partial charge is 0.209 e. The Morgan fingerprint density at radius 1 is 0.816 bits per heavy atom. The van der Waals surface area contributed by atoms with Gasteiger partial charge in [-0.15, -0.1) is 10.2 Å². The lowest BCUT2D eigenvalue weighted by molar-refractivity contribution is -0.401. The fourth-order valence-corrected chi connectivity index (χ4v) is 10.7. The van der Waals surface area contributed by atoms with E-state index >= 15 is 0 Å². The molecule has 7 heteroatoms. The number of likely N-dealkylation sites (N-methyl/N-ethyl adjacent to an activating group) is 1. The lowest BCUT2D eigenvalue weighted by atomic mass is 9.81. The molecule has 4 aromatic rings. The van der Waals surface area contributed by atoms with Gasteiger partial charge in [0.2, 0.25) is 5.69 Å². The average molecular weight is 702 g/mol. The number of aryl methyl sites for hydroxylation is 1. The number of rotatable bonds is 9. The van der Waals surface area contributed by atoms with Crippen molar-refractivity contribution in [2.75, 3.05) is 19.0 Å². The van der Waals surface area contributed by atoms with Crippen molar-refractivity contribution in [3.63, 3.8) is 0 Å². The molecule has 0 fully saturated rings. The van der Waals surface area contributed by atoms with Crippen LogP contribution in [0.25, 0.3) is 0 Å². The number of aromatic nitrogens is 2. The standard InChI is InChI=1S/C42H45N4S3/c1-8-28-17-19-29(20-18-28)27-47-39-43-44-40(49-39)48-38-30(23-25-36-41(2,3)32-13-9-11-15-34(32)45(36)6)21-22-31(38)24-26-37-42(4,5)33-14-10-12-16-35(33)46(37)7/h9-20,23-26H,8,21-22,27H2,1-7H3/q+1. The van der Waals surface area contributed by atoms with Crippen molar-refractivity contribution in [3.05, 3.63) is 141 Å². The predicted molar refractivity (Wildman–Crippen MR) is 211 cm³/mol. The van der Waals surface area contributed by atoms with Crippen LogP contribution in [0.4, 0.5) is 11.4 Å². The van der Waals surface area contributed by atoms with Gasteiger partial charge in [-0.3, -0.25) is 0 Å². The van der Waals surface area contributed by atoms with Gasteiger partial charge in [0.05, 0.1) is 5.41 Å². The van der Waals surface area contributed by atoms with E-state index in [4.69, 9.17) is 0 Å². The van der Waals surface area contributed by atoms with E-state index in [9.17, 15) is 0 Å². The van der Waals surface area contributed by atoms with Crippen LogP contribution < -0.4 is 4.90 Å². The van der Waals surface area contributed by atoms with Crippen LogP contribution in [0.1, 0.15) is 69.7 Å². The summed E-state index contributed by atoms with van der Waals surface area (Å²) in [5.74, 6) is 0.898. The number of fused-ring (bicyclic) bond motifs is 2. The van der Waals surface area contributed by atoms with Crippen molar-refractivity contribution in [1.29, 1.82) is 0 Å². The fourth-order valence-electron chi connectivity index (χ4n) is 7.51. The van der Waals surface area contributed by atoms with Crippen LogP contribution in [0, 0.1) is 0 Å². The number of nitrogens with zero attached hydrogens (tertiary/aromatic N) is 4. The molecule has 0 saturated carbocycles. The zero-order valence-corrected chi connectivity index (χ0v) is 32.0. The molecule has 1 aromatic heterocycles. The third kappa shape index (κ3) is 6.42. The highest BCUT2D eigenvalue weighted by Gasteiger charge is 2.42. The van der Waals surface area contributed by atoms with E-state index in [-0.39, 0.29) is 10.8 Å². The van der Waals surface area contributed by atoms with E-state index in [1.54, 1.807) is 34.9 Å². The molecule has 1 aliphatic carbocycles. The highest BCUT2D eigenvalue weighted by molar-refractivity contribution is 8.05. The van der Waals surface area contributed by atoms with Gasteiger partial charge in [0, 0.05) is 52.2 Å². The van der Waals surface area contributed by atoms with Crippen LogP contribution in [-0.4, -0.2) is 34.6 Å². The summed E-state index contributed by atoms with van der Waals surface area (Å²) in [7, 11) is 4.39. The minimum atomic E-state index is -0.0622. The Labute approximate surface area is 304 Å². The summed E-state index contributed by atoms with van der Waals surface area (Å²) in [6, 6.07) is 26.5. The second-order valence-corrected chi connectivity index (χ2v) is 17.6. The van der Waals surface area contributed by atoms with E-state index in [0.717, 1.165) is 33.7 Å². The summed E-state index contributed by atoms with van der Waals surface area (Å²) in [6.45, 7) is 11.5. The zero-order valence-electron chi connectivity index (χ0n) is 29.6. The molecule has 4 nitrogen and oxygen atoms in total. The number of hydrogen-bond acceptors (Lipinski definition) is 6. The van der Waals surface area contributed by atoms with Crippen LogP contribution in [0.3, 0.4) is 0 Å². The molecule has 0 saturated heterocycles. The predicted octanol–water partition coefficient (Wildman–Crippen LogP) is 11.0. The molecule has 0 bridgehead atoms. The van der Waals surface area contributed by atoms with Crippen molar-refractivity contribution in [1.82, 2.24) is 10.2 Å². The number of allylic oxidation sites excluding steroid dienone is 7.